The van der Waals surface area contributed by atoms with Crippen molar-refractivity contribution < 1.29 is 4.79 Å². The van der Waals surface area contributed by atoms with E-state index >= 15 is 0 Å². The average molecular weight is 420 g/mol. The third-order valence-corrected chi connectivity index (χ3v) is 6.21. The van der Waals surface area contributed by atoms with E-state index in [0.717, 1.165) is 37.8 Å². The molecular weight excluding hydrogens is 397 g/mol. The van der Waals surface area contributed by atoms with Crippen molar-refractivity contribution in [2.45, 2.75) is 19.3 Å². The van der Waals surface area contributed by atoms with Gasteiger partial charge in [-0.2, -0.15) is 0 Å². The molecule has 0 atom stereocenters. The highest BCUT2D eigenvalue weighted by atomic mass is 35.5. The number of aromatic nitrogens is 2. The van der Waals surface area contributed by atoms with Crippen LogP contribution in [-0.2, 0) is 0 Å². The van der Waals surface area contributed by atoms with Gasteiger partial charge in [-0.3, -0.25) is 4.79 Å². The lowest BCUT2D eigenvalue weighted by molar-refractivity contribution is 0.0746. The molecule has 2 aromatic rings. The largest absolute Gasteiger partial charge is 0.356 e. The molecule has 3 heterocycles. The lowest BCUT2D eigenvalue weighted by Crippen LogP contribution is -2.49. The van der Waals surface area contributed by atoms with Crippen LogP contribution in [0.5, 0.6) is 0 Å². The van der Waals surface area contributed by atoms with E-state index in [2.05, 4.69) is 25.8 Å². The van der Waals surface area contributed by atoms with Gasteiger partial charge in [0.1, 0.15) is 18.0 Å². The Morgan fingerprint density at radius 1 is 0.857 bits per heavy atom. The summed E-state index contributed by atoms with van der Waals surface area (Å²) in [5, 5.41) is 0.718. The third-order valence-electron chi connectivity index (χ3n) is 5.39. The van der Waals surface area contributed by atoms with E-state index in [1.807, 2.05) is 4.90 Å². The normalized spacial score (nSPS) is 17.7. The number of piperidine rings is 1. The zero-order valence-electron chi connectivity index (χ0n) is 15.7. The van der Waals surface area contributed by atoms with Gasteiger partial charge in [0.25, 0.3) is 5.91 Å². The third kappa shape index (κ3) is 4.03. The predicted molar refractivity (Wildman–Crippen MR) is 113 cm³/mol. The lowest BCUT2D eigenvalue weighted by atomic mass is 10.1. The number of anilines is 2. The van der Waals surface area contributed by atoms with Crippen molar-refractivity contribution in [1.29, 1.82) is 0 Å². The highest BCUT2D eigenvalue weighted by Gasteiger charge is 2.25. The summed E-state index contributed by atoms with van der Waals surface area (Å²) in [6, 6.07) is 7.23. The molecule has 0 N–H and O–H groups in total. The van der Waals surface area contributed by atoms with E-state index in [-0.39, 0.29) is 5.91 Å². The van der Waals surface area contributed by atoms with E-state index in [1.165, 1.54) is 19.3 Å². The maximum Gasteiger partial charge on any atom is 0.255 e. The van der Waals surface area contributed by atoms with E-state index < -0.39 is 0 Å². The van der Waals surface area contributed by atoms with Crippen LogP contribution in [0.4, 0.5) is 11.6 Å². The van der Waals surface area contributed by atoms with Crippen molar-refractivity contribution >= 4 is 40.7 Å². The first kappa shape index (κ1) is 19.3. The molecule has 8 heteroatoms. The molecule has 1 amide bonds. The Kier molecular flexibility index (Phi) is 5.87. The number of carbonyl (C=O) groups excluding carboxylic acids is 1. The summed E-state index contributed by atoms with van der Waals surface area (Å²) in [7, 11) is 0. The van der Waals surface area contributed by atoms with E-state index in [1.54, 1.807) is 24.5 Å². The quantitative estimate of drug-likeness (QED) is 0.758. The first-order valence-corrected chi connectivity index (χ1v) is 10.4. The molecule has 0 radical (unpaired) electrons. The lowest BCUT2D eigenvalue weighted by Gasteiger charge is -2.36. The summed E-state index contributed by atoms with van der Waals surface area (Å²) >= 11 is 12.3. The number of hydrogen-bond acceptors (Lipinski definition) is 5. The SMILES string of the molecule is O=C(c1cccc(Cl)c1Cl)N1CCN(c2cc(N3CCCCC3)ncn2)CC1. The predicted octanol–water partition coefficient (Wildman–Crippen LogP) is 3.74. The number of halogens is 2. The van der Waals surface area contributed by atoms with Gasteiger partial charge in [-0.15, -0.1) is 0 Å². The summed E-state index contributed by atoms with van der Waals surface area (Å²) < 4.78 is 0. The Morgan fingerprint density at radius 2 is 1.50 bits per heavy atom. The molecule has 2 fully saturated rings. The number of rotatable bonds is 3. The zero-order valence-corrected chi connectivity index (χ0v) is 17.2. The first-order valence-electron chi connectivity index (χ1n) is 9.69. The molecule has 4 rings (SSSR count). The molecular formula is C20H23Cl2N5O. The first-order chi connectivity index (χ1) is 13.6. The van der Waals surface area contributed by atoms with Gasteiger partial charge in [-0.1, -0.05) is 29.3 Å². The van der Waals surface area contributed by atoms with Crippen molar-refractivity contribution in [2.75, 3.05) is 49.1 Å². The molecule has 6 nitrogen and oxygen atoms in total. The molecule has 2 saturated heterocycles. The van der Waals surface area contributed by atoms with Crippen molar-refractivity contribution in [3.8, 4) is 0 Å². The van der Waals surface area contributed by atoms with Gasteiger partial charge in [-0.05, 0) is 31.4 Å². The van der Waals surface area contributed by atoms with Crippen LogP contribution in [0.1, 0.15) is 29.6 Å². The Hall–Kier alpha value is -2.05. The summed E-state index contributed by atoms with van der Waals surface area (Å²) in [6.45, 7) is 4.79. The minimum atomic E-state index is -0.0798. The maximum absolute atomic E-state index is 12.8. The average Bonchev–Trinajstić information content (AvgIpc) is 2.76. The molecule has 0 unspecified atom stereocenters. The van der Waals surface area contributed by atoms with Gasteiger partial charge in [0.15, 0.2) is 0 Å². The molecule has 0 spiro atoms. The molecule has 148 valence electrons. The number of benzene rings is 1. The smallest absolute Gasteiger partial charge is 0.255 e. The monoisotopic (exact) mass is 419 g/mol. The fourth-order valence-corrected chi connectivity index (χ4v) is 4.17. The minimum absolute atomic E-state index is 0.0798. The van der Waals surface area contributed by atoms with E-state index in [0.29, 0.717) is 28.7 Å². The minimum Gasteiger partial charge on any atom is -0.356 e. The zero-order chi connectivity index (χ0) is 19.5. The van der Waals surface area contributed by atoms with Crippen LogP contribution in [-0.4, -0.2) is 60.0 Å². The molecule has 0 aliphatic carbocycles. The van der Waals surface area contributed by atoms with Crippen molar-refractivity contribution in [2.24, 2.45) is 0 Å². The van der Waals surface area contributed by atoms with Crippen LogP contribution in [0.2, 0.25) is 10.0 Å². The van der Waals surface area contributed by atoms with E-state index in [9.17, 15) is 4.79 Å². The number of amides is 1. The van der Waals surface area contributed by atoms with Gasteiger partial charge in [-0.25, -0.2) is 9.97 Å². The number of nitrogens with zero attached hydrogens (tertiary/aromatic N) is 5. The highest BCUT2D eigenvalue weighted by Crippen LogP contribution is 2.27. The fraction of sp³-hybridized carbons (Fsp3) is 0.450. The van der Waals surface area contributed by atoms with Crippen LogP contribution in [0.25, 0.3) is 0 Å². The molecule has 1 aromatic heterocycles. The van der Waals surface area contributed by atoms with Crippen molar-refractivity contribution in [3.05, 3.63) is 46.2 Å². The summed E-state index contributed by atoms with van der Waals surface area (Å²) in [5.74, 6) is 1.83. The van der Waals surface area contributed by atoms with Gasteiger partial charge in [0.05, 0.1) is 15.6 Å². The number of hydrogen-bond donors (Lipinski definition) is 0. The molecule has 28 heavy (non-hydrogen) atoms. The summed E-state index contributed by atoms with van der Waals surface area (Å²) in [6.07, 6.45) is 5.36. The van der Waals surface area contributed by atoms with Crippen LogP contribution >= 0.6 is 23.2 Å². The Balaban J connectivity index is 1.41. The second kappa shape index (κ2) is 8.53. The van der Waals surface area contributed by atoms with Crippen LogP contribution in [0.15, 0.2) is 30.6 Å². The number of piperazine rings is 1. The molecule has 2 aliphatic rings. The van der Waals surface area contributed by atoms with Crippen LogP contribution in [0, 0.1) is 0 Å². The Morgan fingerprint density at radius 3 is 2.18 bits per heavy atom. The van der Waals surface area contributed by atoms with Gasteiger partial charge >= 0.3 is 0 Å². The second-order valence-electron chi connectivity index (χ2n) is 7.16. The highest BCUT2D eigenvalue weighted by molar-refractivity contribution is 6.43. The van der Waals surface area contributed by atoms with Crippen LogP contribution in [0.3, 0.4) is 0 Å². The molecule has 0 saturated carbocycles. The van der Waals surface area contributed by atoms with Crippen molar-refractivity contribution in [1.82, 2.24) is 14.9 Å². The molecule has 1 aromatic carbocycles. The summed E-state index contributed by atoms with van der Waals surface area (Å²) in [5.41, 5.74) is 0.456. The van der Waals surface area contributed by atoms with Gasteiger partial charge < -0.3 is 14.7 Å². The molecule has 0 bridgehead atoms. The Labute approximate surface area is 175 Å². The second-order valence-corrected chi connectivity index (χ2v) is 7.95. The topological polar surface area (TPSA) is 52.6 Å². The maximum atomic E-state index is 12.8. The van der Waals surface area contributed by atoms with Crippen LogP contribution < -0.4 is 9.80 Å². The van der Waals surface area contributed by atoms with E-state index in [4.69, 9.17) is 23.2 Å². The molecule has 2 aliphatic heterocycles. The fourth-order valence-electron chi connectivity index (χ4n) is 3.78. The standard InChI is InChI=1S/C20H23Cl2N5O/c21-16-6-4-5-15(19(16)22)20(28)27-11-9-26(10-12-27)18-13-17(23-14-24-18)25-7-2-1-3-8-25/h4-6,13-14H,1-3,7-12H2. The summed E-state index contributed by atoms with van der Waals surface area (Å²) in [4.78, 5) is 28.1. The number of carbonyl (C=O) groups is 1. The Bertz CT molecular complexity index is 848. The van der Waals surface area contributed by atoms with Gasteiger partial charge in [0, 0.05) is 45.3 Å². The van der Waals surface area contributed by atoms with Crippen molar-refractivity contribution in [3.63, 3.8) is 0 Å². The van der Waals surface area contributed by atoms with Gasteiger partial charge in [0.2, 0.25) is 0 Å².